The van der Waals surface area contributed by atoms with Crippen LogP contribution in [0.3, 0.4) is 0 Å². The lowest BCUT2D eigenvalue weighted by molar-refractivity contribution is 0.0927. The molecule has 118 valence electrons. The Balaban J connectivity index is 1.57. The molecule has 1 amide bonds. The zero-order valence-electron chi connectivity index (χ0n) is 13.3. The Labute approximate surface area is 136 Å². The van der Waals surface area contributed by atoms with Gasteiger partial charge in [0.2, 0.25) is 0 Å². The SMILES string of the molecule is O=C(NC(C1CC1)C1CC1)c1c2c(nc3ccccc13)CCC2. The number of carbonyl (C=O) groups excluding carboxylic acids is 1. The number of rotatable bonds is 4. The summed E-state index contributed by atoms with van der Waals surface area (Å²) in [5, 5.41) is 4.44. The highest BCUT2D eigenvalue weighted by Gasteiger charge is 2.42. The maximum absolute atomic E-state index is 13.2. The van der Waals surface area contributed by atoms with E-state index in [-0.39, 0.29) is 5.91 Å². The van der Waals surface area contributed by atoms with Crippen molar-refractivity contribution in [3.63, 3.8) is 0 Å². The molecule has 2 fully saturated rings. The Morgan fingerprint density at radius 1 is 1.09 bits per heavy atom. The molecule has 3 nitrogen and oxygen atoms in total. The average Bonchev–Trinajstić information content (AvgIpc) is 3.48. The van der Waals surface area contributed by atoms with Crippen LogP contribution in [-0.2, 0) is 12.8 Å². The van der Waals surface area contributed by atoms with E-state index in [1.165, 1.54) is 31.2 Å². The highest BCUT2D eigenvalue weighted by molar-refractivity contribution is 6.08. The number of hydrogen-bond donors (Lipinski definition) is 1. The number of carbonyl (C=O) groups is 1. The van der Waals surface area contributed by atoms with Crippen molar-refractivity contribution in [3.05, 3.63) is 41.1 Å². The minimum absolute atomic E-state index is 0.144. The van der Waals surface area contributed by atoms with Crippen LogP contribution in [0.2, 0.25) is 0 Å². The molecule has 23 heavy (non-hydrogen) atoms. The van der Waals surface area contributed by atoms with Gasteiger partial charge < -0.3 is 5.32 Å². The van der Waals surface area contributed by atoms with Crippen molar-refractivity contribution in [1.82, 2.24) is 10.3 Å². The molecule has 0 unspecified atom stereocenters. The molecular weight excluding hydrogens is 284 g/mol. The average molecular weight is 306 g/mol. The van der Waals surface area contributed by atoms with E-state index in [0.717, 1.165) is 53.3 Å². The largest absolute Gasteiger partial charge is 0.349 e. The van der Waals surface area contributed by atoms with Gasteiger partial charge in [0, 0.05) is 17.1 Å². The molecule has 3 aliphatic carbocycles. The first-order valence-corrected chi connectivity index (χ1v) is 9.02. The van der Waals surface area contributed by atoms with Gasteiger partial charge in [0.1, 0.15) is 0 Å². The number of pyridine rings is 1. The van der Waals surface area contributed by atoms with Gasteiger partial charge in [-0.2, -0.15) is 0 Å². The van der Waals surface area contributed by atoms with Crippen LogP contribution in [0.4, 0.5) is 0 Å². The standard InChI is InChI=1S/C20H22N2O/c23-20(22-19(12-8-9-12)13-10-11-13)18-14-4-1-2-6-16(14)21-17-7-3-5-15(17)18/h1-2,4,6,12-13,19H,3,5,7-11H2,(H,22,23). The number of amides is 1. The lowest BCUT2D eigenvalue weighted by Crippen LogP contribution is -2.38. The fourth-order valence-corrected chi connectivity index (χ4v) is 4.23. The lowest BCUT2D eigenvalue weighted by atomic mass is 9.99. The maximum atomic E-state index is 13.2. The summed E-state index contributed by atoms with van der Waals surface area (Å²) >= 11 is 0. The number of hydrogen-bond acceptors (Lipinski definition) is 2. The number of nitrogens with one attached hydrogen (secondary N) is 1. The predicted molar refractivity (Wildman–Crippen MR) is 90.5 cm³/mol. The van der Waals surface area contributed by atoms with Crippen molar-refractivity contribution in [2.75, 3.05) is 0 Å². The number of aromatic nitrogens is 1. The summed E-state index contributed by atoms with van der Waals surface area (Å²) in [6.45, 7) is 0. The third-order valence-electron chi connectivity index (χ3n) is 5.70. The fraction of sp³-hybridized carbons (Fsp3) is 0.500. The highest BCUT2D eigenvalue weighted by Crippen LogP contribution is 2.44. The molecule has 0 bridgehead atoms. The molecule has 3 aliphatic rings. The van der Waals surface area contributed by atoms with E-state index in [1.807, 2.05) is 18.2 Å². The van der Waals surface area contributed by atoms with Crippen LogP contribution < -0.4 is 5.32 Å². The molecule has 0 saturated heterocycles. The number of fused-ring (bicyclic) bond motifs is 2. The molecule has 2 saturated carbocycles. The predicted octanol–water partition coefficient (Wildman–Crippen LogP) is 3.64. The van der Waals surface area contributed by atoms with Gasteiger partial charge in [-0.05, 0) is 68.4 Å². The smallest absolute Gasteiger partial charge is 0.252 e. The van der Waals surface area contributed by atoms with Crippen molar-refractivity contribution >= 4 is 16.8 Å². The molecule has 0 radical (unpaired) electrons. The minimum Gasteiger partial charge on any atom is -0.349 e. The molecule has 0 aliphatic heterocycles. The molecule has 1 aromatic carbocycles. The first-order valence-electron chi connectivity index (χ1n) is 9.02. The van der Waals surface area contributed by atoms with Crippen LogP contribution >= 0.6 is 0 Å². The molecule has 1 heterocycles. The van der Waals surface area contributed by atoms with E-state index in [1.54, 1.807) is 0 Å². The summed E-state index contributed by atoms with van der Waals surface area (Å²) in [5.74, 6) is 1.60. The summed E-state index contributed by atoms with van der Waals surface area (Å²) in [6, 6.07) is 8.52. The lowest BCUT2D eigenvalue weighted by Gasteiger charge is -2.20. The van der Waals surface area contributed by atoms with Crippen LogP contribution in [0.5, 0.6) is 0 Å². The van der Waals surface area contributed by atoms with E-state index in [0.29, 0.717) is 6.04 Å². The number of aryl methyl sites for hydroxylation is 1. The van der Waals surface area contributed by atoms with Crippen LogP contribution in [0.1, 0.15) is 53.7 Å². The Hall–Kier alpha value is -1.90. The molecule has 1 N–H and O–H groups in total. The molecule has 1 aromatic heterocycles. The third-order valence-corrected chi connectivity index (χ3v) is 5.70. The Morgan fingerprint density at radius 2 is 1.83 bits per heavy atom. The van der Waals surface area contributed by atoms with Crippen molar-refractivity contribution in [2.24, 2.45) is 11.8 Å². The summed E-state index contributed by atoms with van der Waals surface area (Å²) in [5.41, 5.74) is 4.22. The summed E-state index contributed by atoms with van der Waals surface area (Å²) in [7, 11) is 0. The van der Waals surface area contributed by atoms with Gasteiger partial charge in [-0.1, -0.05) is 18.2 Å². The van der Waals surface area contributed by atoms with Crippen LogP contribution in [0, 0.1) is 11.8 Å². The van der Waals surface area contributed by atoms with E-state index >= 15 is 0 Å². The molecule has 0 spiro atoms. The fourth-order valence-electron chi connectivity index (χ4n) is 4.23. The third kappa shape index (κ3) is 2.34. The minimum atomic E-state index is 0.144. The Bertz CT molecular complexity index is 778. The molecule has 2 aromatic rings. The Kier molecular flexibility index (Phi) is 2.97. The zero-order valence-corrected chi connectivity index (χ0v) is 13.3. The number of para-hydroxylation sites is 1. The second kappa shape index (κ2) is 5.05. The summed E-state index contributed by atoms with van der Waals surface area (Å²) in [4.78, 5) is 17.9. The van der Waals surface area contributed by atoms with E-state index in [9.17, 15) is 4.79 Å². The van der Waals surface area contributed by atoms with Gasteiger partial charge >= 0.3 is 0 Å². The summed E-state index contributed by atoms with van der Waals surface area (Å²) in [6.07, 6.45) is 8.27. The van der Waals surface area contributed by atoms with Crippen molar-refractivity contribution in [2.45, 2.75) is 51.0 Å². The van der Waals surface area contributed by atoms with Gasteiger partial charge in [-0.3, -0.25) is 9.78 Å². The molecule has 5 rings (SSSR count). The van der Waals surface area contributed by atoms with Gasteiger partial charge in [0.05, 0.1) is 11.1 Å². The quantitative estimate of drug-likeness (QED) is 0.937. The van der Waals surface area contributed by atoms with Gasteiger partial charge in [-0.15, -0.1) is 0 Å². The van der Waals surface area contributed by atoms with Crippen molar-refractivity contribution in [3.8, 4) is 0 Å². The van der Waals surface area contributed by atoms with E-state index < -0.39 is 0 Å². The second-order valence-corrected chi connectivity index (χ2v) is 7.46. The Morgan fingerprint density at radius 3 is 2.57 bits per heavy atom. The summed E-state index contributed by atoms with van der Waals surface area (Å²) < 4.78 is 0. The van der Waals surface area contributed by atoms with Crippen molar-refractivity contribution < 1.29 is 4.79 Å². The topological polar surface area (TPSA) is 42.0 Å². The second-order valence-electron chi connectivity index (χ2n) is 7.46. The number of benzene rings is 1. The molecule has 3 heteroatoms. The molecule has 0 atom stereocenters. The van der Waals surface area contributed by atoms with Crippen molar-refractivity contribution in [1.29, 1.82) is 0 Å². The van der Waals surface area contributed by atoms with Crippen LogP contribution in [-0.4, -0.2) is 16.9 Å². The maximum Gasteiger partial charge on any atom is 0.252 e. The first kappa shape index (κ1) is 13.5. The van der Waals surface area contributed by atoms with E-state index in [2.05, 4.69) is 11.4 Å². The van der Waals surface area contributed by atoms with Gasteiger partial charge in [0.25, 0.3) is 5.91 Å². The van der Waals surface area contributed by atoms with E-state index in [4.69, 9.17) is 4.98 Å². The zero-order chi connectivity index (χ0) is 15.4. The first-order chi connectivity index (χ1) is 11.3. The van der Waals surface area contributed by atoms with Crippen LogP contribution in [0.25, 0.3) is 10.9 Å². The monoisotopic (exact) mass is 306 g/mol. The van der Waals surface area contributed by atoms with Gasteiger partial charge in [0.15, 0.2) is 0 Å². The highest BCUT2D eigenvalue weighted by atomic mass is 16.1. The van der Waals surface area contributed by atoms with Crippen LogP contribution in [0.15, 0.2) is 24.3 Å². The van der Waals surface area contributed by atoms with Gasteiger partial charge in [-0.25, -0.2) is 0 Å². The normalized spacial score (nSPS) is 20.0. The number of nitrogens with zero attached hydrogens (tertiary/aromatic N) is 1. The molecular formula is C20H22N2O.